The summed E-state index contributed by atoms with van der Waals surface area (Å²) < 4.78 is 17.6. The van der Waals surface area contributed by atoms with Crippen LogP contribution in [-0.4, -0.2) is 22.5 Å². The van der Waals surface area contributed by atoms with Crippen molar-refractivity contribution in [1.82, 2.24) is 0 Å². The lowest BCUT2D eigenvalue weighted by Crippen LogP contribution is -2.41. The Hall–Kier alpha value is -1.03. The molecule has 0 N–H and O–H groups in total. The number of nitrogens with zero attached hydrogens (tertiary/aromatic N) is 1. The Kier molecular flexibility index (Phi) is 6.08. The monoisotopic (exact) mass is 385 g/mol. The van der Waals surface area contributed by atoms with E-state index in [1.165, 1.54) is 0 Å². The summed E-state index contributed by atoms with van der Waals surface area (Å²) in [4.78, 5) is 0. The smallest absolute Gasteiger partial charge is 0.194 e. The maximum Gasteiger partial charge on any atom is 0.194 e. The quantitative estimate of drug-likeness (QED) is 0.665. The molecule has 0 aromatic heterocycles. The highest BCUT2D eigenvalue weighted by Gasteiger charge is 2.39. The van der Waals surface area contributed by atoms with E-state index in [1.807, 2.05) is 6.07 Å². The Bertz CT molecular complexity index is 576. The van der Waals surface area contributed by atoms with E-state index in [-0.39, 0.29) is 5.04 Å². The van der Waals surface area contributed by atoms with Gasteiger partial charge in [0.2, 0.25) is 0 Å². The molecular weight excluding hydrogens is 362 g/mol. The zero-order chi connectivity index (χ0) is 17.1. The lowest BCUT2D eigenvalue weighted by atomic mass is 10.1. The highest BCUT2D eigenvalue weighted by Crippen LogP contribution is 2.42. The average Bonchev–Trinajstić information content (AvgIpc) is 2.42. The molecule has 22 heavy (non-hydrogen) atoms. The minimum absolute atomic E-state index is 0.0376. The third-order valence-electron chi connectivity index (χ3n) is 4.09. The summed E-state index contributed by atoms with van der Waals surface area (Å²) >= 11 is 3.46. The molecule has 1 rings (SSSR count). The Morgan fingerprint density at radius 1 is 1.18 bits per heavy atom. The molecule has 0 fully saturated rings. The molecule has 0 heterocycles. The molecule has 0 amide bonds. The second kappa shape index (κ2) is 7.03. The fourth-order valence-electron chi connectivity index (χ4n) is 1.73. The predicted molar refractivity (Wildman–Crippen MR) is 93.9 cm³/mol. The van der Waals surface area contributed by atoms with Crippen LogP contribution in [0.25, 0.3) is 0 Å². The van der Waals surface area contributed by atoms with Crippen LogP contribution < -0.4 is 9.47 Å². The van der Waals surface area contributed by atoms with E-state index in [0.717, 1.165) is 10.0 Å². The molecule has 0 spiro atoms. The number of nitriles is 1. The maximum absolute atomic E-state index is 9.55. The standard InChI is InChI=1S/C16H24BrNO3Si/c1-16(2,3)22(6,7)21-14(10-18)11-8-12(17)15(20-5)13(9-11)19-4/h8-9,14H,1-7H3. The van der Waals surface area contributed by atoms with Gasteiger partial charge in [0.15, 0.2) is 25.9 Å². The van der Waals surface area contributed by atoms with Crippen molar-refractivity contribution in [1.29, 1.82) is 5.26 Å². The Morgan fingerprint density at radius 3 is 2.18 bits per heavy atom. The van der Waals surface area contributed by atoms with Gasteiger partial charge in [-0.25, -0.2) is 0 Å². The zero-order valence-corrected chi connectivity index (χ0v) is 16.9. The summed E-state index contributed by atoms with van der Waals surface area (Å²) in [6.07, 6.45) is -0.628. The van der Waals surface area contributed by atoms with Gasteiger partial charge in [-0.1, -0.05) is 20.8 Å². The van der Waals surface area contributed by atoms with Crippen molar-refractivity contribution in [2.75, 3.05) is 14.2 Å². The fraction of sp³-hybridized carbons (Fsp3) is 0.562. The summed E-state index contributed by atoms with van der Waals surface area (Å²) in [6, 6.07) is 5.90. The van der Waals surface area contributed by atoms with Crippen LogP contribution in [0.1, 0.15) is 32.4 Å². The van der Waals surface area contributed by atoms with Crippen molar-refractivity contribution >= 4 is 24.2 Å². The van der Waals surface area contributed by atoms with Crippen molar-refractivity contribution in [2.24, 2.45) is 0 Å². The average molecular weight is 386 g/mol. The molecule has 0 saturated heterocycles. The summed E-state index contributed by atoms with van der Waals surface area (Å²) in [5.41, 5.74) is 0.761. The van der Waals surface area contributed by atoms with Crippen LogP contribution in [0.3, 0.4) is 0 Å². The van der Waals surface area contributed by atoms with Gasteiger partial charge in [-0.05, 0) is 51.8 Å². The Balaban J connectivity index is 3.23. The van der Waals surface area contributed by atoms with Crippen LogP contribution in [0.2, 0.25) is 18.1 Å². The first-order valence-electron chi connectivity index (χ1n) is 7.06. The van der Waals surface area contributed by atoms with Gasteiger partial charge in [-0.2, -0.15) is 5.26 Å². The molecule has 0 saturated carbocycles. The number of hydrogen-bond acceptors (Lipinski definition) is 4. The second-order valence-corrected chi connectivity index (χ2v) is 12.2. The van der Waals surface area contributed by atoms with Crippen molar-refractivity contribution in [3.05, 3.63) is 22.2 Å². The number of benzene rings is 1. The number of methoxy groups -OCH3 is 2. The van der Waals surface area contributed by atoms with E-state index >= 15 is 0 Å². The SMILES string of the molecule is COc1cc(C(C#N)O[Si](C)(C)C(C)(C)C)cc(Br)c1OC. The highest BCUT2D eigenvalue weighted by atomic mass is 79.9. The van der Waals surface area contributed by atoms with Gasteiger partial charge in [0, 0.05) is 0 Å². The van der Waals surface area contributed by atoms with Gasteiger partial charge in [0.1, 0.15) is 0 Å². The van der Waals surface area contributed by atoms with Gasteiger partial charge in [-0.3, -0.25) is 0 Å². The molecule has 1 aromatic rings. The van der Waals surface area contributed by atoms with Crippen LogP contribution in [0.4, 0.5) is 0 Å². The van der Waals surface area contributed by atoms with Crippen molar-refractivity contribution in [3.8, 4) is 17.6 Å². The minimum atomic E-state index is -2.05. The molecular formula is C16H24BrNO3Si. The van der Waals surface area contributed by atoms with E-state index in [2.05, 4.69) is 55.9 Å². The van der Waals surface area contributed by atoms with Crippen molar-refractivity contribution in [3.63, 3.8) is 0 Å². The van der Waals surface area contributed by atoms with Crippen LogP contribution in [0.15, 0.2) is 16.6 Å². The molecule has 0 aliphatic rings. The van der Waals surface area contributed by atoms with Crippen LogP contribution >= 0.6 is 15.9 Å². The second-order valence-electron chi connectivity index (χ2n) is 6.63. The van der Waals surface area contributed by atoms with Crippen molar-refractivity contribution in [2.45, 2.75) is 45.0 Å². The van der Waals surface area contributed by atoms with E-state index in [9.17, 15) is 5.26 Å². The summed E-state index contributed by atoms with van der Waals surface area (Å²) in [5.74, 6) is 1.18. The maximum atomic E-state index is 9.55. The van der Waals surface area contributed by atoms with E-state index in [1.54, 1.807) is 20.3 Å². The number of halogens is 1. The van der Waals surface area contributed by atoms with Gasteiger partial charge in [0.05, 0.1) is 24.8 Å². The first-order valence-corrected chi connectivity index (χ1v) is 10.8. The fourth-order valence-corrected chi connectivity index (χ4v) is 3.48. The van der Waals surface area contributed by atoms with E-state index in [4.69, 9.17) is 13.9 Å². The topological polar surface area (TPSA) is 51.5 Å². The largest absolute Gasteiger partial charge is 0.493 e. The third kappa shape index (κ3) is 4.03. The summed E-state index contributed by atoms with van der Waals surface area (Å²) in [7, 11) is 1.10. The molecule has 0 radical (unpaired) electrons. The normalized spacial score (nSPS) is 13.4. The molecule has 0 aliphatic carbocycles. The van der Waals surface area contributed by atoms with Crippen molar-refractivity contribution < 1.29 is 13.9 Å². The lowest BCUT2D eigenvalue weighted by Gasteiger charge is -2.37. The van der Waals surface area contributed by atoms with Gasteiger partial charge in [0.25, 0.3) is 0 Å². The number of rotatable bonds is 5. The minimum Gasteiger partial charge on any atom is -0.493 e. The predicted octanol–water partition coefficient (Wildman–Crippen LogP) is 5.05. The van der Waals surface area contributed by atoms with Crippen LogP contribution in [-0.2, 0) is 4.43 Å². The van der Waals surface area contributed by atoms with Crippen LogP contribution in [0, 0.1) is 11.3 Å². The summed E-state index contributed by atoms with van der Waals surface area (Å²) in [5, 5.41) is 9.59. The highest BCUT2D eigenvalue weighted by molar-refractivity contribution is 9.10. The van der Waals surface area contributed by atoms with Gasteiger partial charge in [-0.15, -0.1) is 0 Å². The van der Waals surface area contributed by atoms with Crippen LogP contribution in [0.5, 0.6) is 11.5 Å². The lowest BCUT2D eigenvalue weighted by molar-refractivity contribution is 0.235. The number of hydrogen-bond donors (Lipinski definition) is 0. The first-order chi connectivity index (χ1) is 10.1. The van der Waals surface area contributed by atoms with E-state index < -0.39 is 14.4 Å². The number of ether oxygens (including phenoxy) is 2. The molecule has 0 aliphatic heterocycles. The third-order valence-corrected chi connectivity index (χ3v) is 9.12. The molecule has 1 aromatic carbocycles. The van der Waals surface area contributed by atoms with E-state index in [0.29, 0.717) is 11.5 Å². The Morgan fingerprint density at radius 2 is 1.77 bits per heavy atom. The molecule has 4 nitrogen and oxygen atoms in total. The van der Waals surface area contributed by atoms with Gasteiger partial charge < -0.3 is 13.9 Å². The first kappa shape index (κ1) is 19.0. The Labute approximate surface area is 142 Å². The van der Waals surface area contributed by atoms with Gasteiger partial charge >= 0.3 is 0 Å². The molecule has 0 bridgehead atoms. The molecule has 6 heteroatoms. The molecule has 1 atom stereocenters. The summed E-state index contributed by atoms with van der Waals surface area (Å²) in [6.45, 7) is 10.7. The molecule has 1 unspecified atom stereocenters. The molecule has 122 valence electrons. The zero-order valence-electron chi connectivity index (χ0n) is 14.3.